The molecule has 19 heavy (non-hydrogen) atoms. The van der Waals surface area contributed by atoms with E-state index in [1.807, 2.05) is 36.4 Å². The van der Waals surface area contributed by atoms with E-state index in [1.165, 1.54) is 44.6 Å². The van der Waals surface area contributed by atoms with Gasteiger partial charge in [0.25, 0.3) is 0 Å². The van der Waals surface area contributed by atoms with Gasteiger partial charge in [-0.25, -0.2) is 4.39 Å². The van der Waals surface area contributed by atoms with Gasteiger partial charge in [-0.3, -0.25) is 0 Å². The van der Waals surface area contributed by atoms with Gasteiger partial charge in [0.1, 0.15) is 5.82 Å². The molecule has 0 heterocycles. The van der Waals surface area contributed by atoms with E-state index < -0.39 is 0 Å². The molecule has 0 N–H and O–H groups in total. The first-order valence-corrected chi connectivity index (χ1v) is 7.18. The second kappa shape index (κ2) is 7.73. The summed E-state index contributed by atoms with van der Waals surface area (Å²) < 4.78 is 13.3. The second-order valence-corrected chi connectivity index (χ2v) is 4.97. The molecule has 0 bridgehead atoms. The lowest BCUT2D eigenvalue weighted by atomic mass is 10.0. The van der Waals surface area contributed by atoms with Crippen molar-refractivity contribution < 1.29 is 4.39 Å². The van der Waals surface area contributed by atoms with Gasteiger partial charge in [0.15, 0.2) is 0 Å². The van der Waals surface area contributed by atoms with Gasteiger partial charge >= 0.3 is 0 Å². The average molecular weight is 256 g/mol. The third-order valence-electron chi connectivity index (χ3n) is 3.46. The summed E-state index contributed by atoms with van der Waals surface area (Å²) in [6.07, 6.45) is 9.00. The summed E-state index contributed by atoms with van der Waals surface area (Å²) in [7, 11) is 0. The summed E-state index contributed by atoms with van der Waals surface area (Å²) in [6.45, 7) is 0. The van der Waals surface area contributed by atoms with Crippen LogP contribution in [0.5, 0.6) is 0 Å². The van der Waals surface area contributed by atoms with Crippen LogP contribution in [0.4, 0.5) is 4.39 Å². The number of hydrogen-bond donors (Lipinski definition) is 0. The van der Waals surface area contributed by atoms with E-state index in [2.05, 4.69) is 0 Å². The summed E-state index contributed by atoms with van der Waals surface area (Å²) in [4.78, 5) is 0. The lowest BCUT2D eigenvalue weighted by molar-refractivity contribution is 0.504. The molecule has 0 radical (unpaired) electrons. The van der Waals surface area contributed by atoms with Crippen LogP contribution in [0.3, 0.4) is 0 Å². The van der Waals surface area contributed by atoms with Crippen LogP contribution in [-0.4, -0.2) is 0 Å². The van der Waals surface area contributed by atoms with Gasteiger partial charge < -0.3 is 0 Å². The van der Waals surface area contributed by atoms with Crippen LogP contribution < -0.4 is 0 Å². The third-order valence-corrected chi connectivity index (χ3v) is 3.46. The van der Waals surface area contributed by atoms with Gasteiger partial charge in [0.2, 0.25) is 0 Å². The third kappa shape index (κ3) is 4.51. The van der Waals surface area contributed by atoms with E-state index in [1.54, 1.807) is 12.1 Å². The van der Waals surface area contributed by atoms with Gasteiger partial charge in [-0.05, 0) is 11.6 Å². The van der Waals surface area contributed by atoms with Gasteiger partial charge in [-0.2, -0.15) is 0 Å². The normalized spacial score (nSPS) is 14.4. The zero-order chi connectivity index (χ0) is 13.3. The maximum absolute atomic E-state index is 13.3. The smallest absolute Gasteiger partial charge is 0.131 e. The SMILES string of the molecule is C1CCCCC1.Fc1ccccc1-c1ccccc1. The Bertz CT molecular complexity index is 461. The molecule has 2 aromatic rings. The molecule has 1 saturated carbocycles. The number of benzene rings is 2. The van der Waals surface area contributed by atoms with Crippen molar-refractivity contribution >= 4 is 0 Å². The lowest BCUT2D eigenvalue weighted by Crippen LogP contribution is -1.85. The zero-order valence-corrected chi connectivity index (χ0v) is 11.3. The van der Waals surface area contributed by atoms with Crippen molar-refractivity contribution in [2.24, 2.45) is 0 Å². The molecule has 0 unspecified atom stereocenters. The summed E-state index contributed by atoms with van der Waals surface area (Å²) in [6, 6.07) is 16.3. The van der Waals surface area contributed by atoms with Crippen molar-refractivity contribution in [2.45, 2.75) is 38.5 Å². The standard InChI is InChI=1S/C12H9F.C6H12/c13-12-9-5-4-8-11(12)10-6-2-1-3-7-10;1-2-4-6-5-3-1/h1-9H;1-6H2. The first kappa shape index (κ1) is 13.8. The molecule has 2 aromatic carbocycles. The zero-order valence-electron chi connectivity index (χ0n) is 11.3. The maximum atomic E-state index is 13.3. The van der Waals surface area contributed by atoms with Crippen LogP contribution in [0.1, 0.15) is 38.5 Å². The monoisotopic (exact) mass is 256 g/mol. The predicted octanol–water partition coefficient (Wildman–Crippen LogP) is 5.83. The van der Waals surface area contributed by atoms with Crippen LogP contribution in [0, 0.1) is 5.82 Å². The first-order valence-electron chi connectivity index (χ1n) is 7.18. The largest absolute Gasteiger partial charge is 0.206 e. The highest BCUT2D eigenvalue weighted by Gasteiger charge is 2.01. The van der Waals surface area contributed by atoms with Crippen molar-refractivity contribution in [3.05, 3.63) is 60.4 Å². The molecule has 0 amide bonds. The molecular formula is C18H21F. The molecule has 0 nitrogen and oxygen atoms in total. The number of halogens is 1. The Morgan fingerprint density at radius 3 is 1.58 bits per heavy atom. The van der Waals surface area contributed by atoms with E-state index in [-0.39, 0.29) is 5.82 Å². The summed E-state index contributed by atoms with van der Waals surface area (Å²) >= 11 is 0. The molecule has 0 atom stereocenters. The molecule has 0 saturated heterocycles. The quantitative estimate of drug-likeness (QED) is 0.602. The van der Waals surface area contributed by atoms with Crippen molar-refractivity contribution in [1.29, 1.82) is 0 Å². The van der Waals surface area contributed by atoms with Crippen molar-refractivity contribution in [3.63, 3.8) is 0 Å². The Morgan fingerprint density at radius 1 is 0.579 bits per heavy atom. The van der Waals surface area contributed by atoms with Gasteiger partial charge in [-0.1, -0.05) is 87.1 Å². The molecule has 0 aliphatic heterocycles. The van der Waals surface area contributed by atoms with Crippen molar-refractivity contribution in [2.75, 3.05) is 0 Å². The highest BCUT2D eigenvalue weighted by Crippen LogP contribution is 2.21. The summed E-state index contributed by atoms with van der Waals surface area (Å²) in [5.41, 5.74) is 1.57. The van der Waals surface area contributed by atoms with Gasteiger partial charge in [-0.15, -0.1) is 0 Å². The Morgan fingerprint density at radius 2 is 1.05 bits per heavy atom. The Kier molecular flexibility index (Phi) is 5.61. The number of rotatable bonds is 1. The van der Waals surface area contributed by atoms with E-state index in [0.717, 1.165) is 5.56 Å². The highest BCUT2D eigenvalue weighted by atomic mass is 19.1. The van der Waals surface area contributed by atoms with Crippen LogP contribution in [-0.2, 0) is 0 Å². The van der Waals surface area contributed by atoms with E-state index in [9.17, 15) is 4.39 Å². The molecule has 100 valence electrons. The average Bonchev–Trinajstić information content (AvgIpc) is 2.51. The maximum Gasteiger partial charge on any atom is 0.131 e. The van der Waals surface area contributed by atoms with Gasteiger partial charge in [0.05, 0.1) is 0 Å². The topological polar surface area (TPSA) is 0 Å². The lowest BCUT2D eigenvalue weighted by Gasteiger charge is -2.05. The highest BCUT2D eigenvalue weighted by molar-refractivity contribution is 5.63. The Balaban J connectivity index is 0.000000186. The van der Waals surface area contributed by atoms with Crippen molar-refractivity contribution in [1.82, 2.24) is 0 Å². The molecule has 1 heteroatoms. The first-order chi connectivity index (χ1) is 9.38. The second-order valence-electron chi connectivity index (χ2n) is 4.97. The number of hydrogen-bond acceptors (Lipinski definition) is 0. The van der Waals surface area contributed by atoms with Crippen LogP contribution >= 0.6 is 0 Å². The Labute approximate surface area is 115 Å². The minimum absolute atomic E-state index is 0.172. The van der Waals surface area contributed by atoms with Crippen LogP contribution in [0.25, 0.3) is 11.1 Å². The molecule has 1 aliphatic carbocycles. The van der Waals surface area contributed by atoms with Crippen LogP contribution in [0.15, 0.2) is 54.6 Å². The predicted molar refractivity (Wildman–Crippen MR) is 79.5 cm³/mol. The summed E-state index contributed by atoms with van der Waals surface area (Å²) in [5, 5.41) is 0. The minimum Gasteiger partial charge on any atom is -0.206 e. The molecule has 3 rings (SSSR count). The molecule has 1 fully saturated rings. The molecule has 1 aliphatic rings. The minimum atomic E-state index is -0.172. The van der Waals surface area contributed by atoms with E-state index >= 15 is 0 Å². The fourth-order valence-electron chi connectivity index (χ4n) is 2.37. The Hall–Kier alpha value is -1.63. The molecule has 0 spiro atoms. The summed E-state index contributed by atoms with van der Waals surface area (Å²) in [5.74, 6) is -0.172. The van der Waals surface area contributed by atoms with E-state index in [0.29, 0.717) is 5.56 Å². The molecule has 0 aromatic heterocycles. The van der Waals surface area contributed by atoms with Gasteiger partial charge in [0, 0.05) is 5.56 Å². The van der Waals surface area contributed by atoms with E-state index in [4.69, 9.17) is 0 Å². The van der Waals surface area contributed by atoms with Crippen molar-refractivity contribution in [3.8, 4) is 11.1 Å². The van der Waals surface area contributed by atoms with Crippen LogP contribution in [0.2, 0.25) is 0 Å². The fraction of sp³-hybridized carbons (Fsp3) is 0.333. The fourth-order valence-corrected chi connectivity index (χ4v) is 2.37. The molecular weight excluding hydrogens is 235 g/mol.